The van der Waals surface area contributed by atoms with Crippen LogP contribution in [0.2, 0.25) is 0 Å². The van der Waals surface area contributed by atoms with E-state index in [1.165, 1.54) is 75.4 Å². The van der Waals surface area contributed by atoms with E-state index >= 15 is 0 Å². The van der Waals surface area contributed by atoms with Crippen LogP contribution in [0.4, 0.5) is 0 Å². The van der Waals surface area contributed by atoms with Gasteiger partial charge >= 0.3 is 0 Å². The van der Waals surface area contributed by atoms with Crippen LogP contribution in [0.1, 0.15) is 0 Å². The zero-order chi connectivity index (χ0) is 24.1. The molecule has 0 aliphatic rings. The van der Waals surface area contributed by atoms with Crippen LogP contribution in [0.5, 0.6) is 0 Å². The summed E-state index contributed by atoms with van der Waals surface area (Å²) in [7, 11) is 0. The van der Waals surface area contributed by atoms with Gasteiger partial charge in [-0.15, -0.1) is 0 Å². The molecule has 1 aromatic heterocycles. The minimum atomic E-state index is 0.937. The monoisotopic (exact) mass is 468 g/mol. The third kappa shape index (κ3) is 2.48. The van der Waals surface area contributed by atoms with Crippen LogP contribution >= 0.6 is 0 Å². The summed E-state index contributed by atoms with van der Waals surface area (Å²) in [6, 6.07) is 44.1. The van der Waals surface area contributed by atoms with Crippen molar-refractivity contribution in [1.29, 1.82) is 0 Å². The molecule has 8 aromatic carbocycles. The molecule has 0 amide bonds. The normalized spacial score (nSPS) is 12.3. The molecule has 0 spiro atoms. The molecule has 37 heavy (non-hydrogen) atoms. The fourth-order valence-corrected chi connectivity index (χ4v) is 6.57. The first-order chi connectivity index (χ1) is 18.3. The lowest BCUT2D eigenvalue weighted by Crippen LogP contribution is -1.84. The highest BCUT2D eigenvalue weighted by Gasteiger charge is 2.16. The van der Waals surface area contributed by atoms with Crippen molar-refractivity contribution < 1.29 is 4.42 Å². The van der Waals surface area contributed by atoms with Crippen molar-refractivity contribution in [2.75, 3.05) is 0 Å². The summed E-state index contributed by atoms with van der Waals surface area (Å²) >= 11 is 0. The van der Waals surface area contributed by atoms with Gasteiger partial charge in [-0.05, 0) is 88.9 Å². The quantitative estimate of drug-likeness (QED) is 0.202. The second-order valence-corrected chi connectivity index (χ2v) is 10.1. The summed E-state index contributed by atoms with van der Waals surface area (Å²) in [5.41, 5.74) is 1.87. The lowest BCUT2D eigenvalue weighted by Gasteiger charge is -2.11. The Kier molecular flexibility index (Phi) is 3.59. The Labute approximate surface area is 212 Å². The van der Waals surface area contributed by atoms with Crippen molar-refractivity contribution in [1.82, 2.24) is 0 Å². The van der Waals surface area contributed by atoms with E-state index < -0.39 is 0 Å². The number of benzene rings is 8. The van der Waals surface area contributed by atoms with Gasteiger partial charge in [0.2, 0.25) is 0 Å². The maximum absolute atomic E-state index is 6.59. The number of furan rings is 1. The van der Waals surface area contributed by atoms with E-state index in [4.69, 9.17) is 4.42 Å². The van der Waals surface area contributed by atoms with Crippen LogP contribution in [0.25, 0.3) is 86.6 Å². The van der Waals surface area contributed by atoms with Crippen LogP contribution in [0.3, 0.4) is 0 Å². The Morgan fingerprint density at radius 1 is 0.243 bits per heavy atom. The van der Waals surface area contributed by atoms with E-state index in [0.717, 1.165) is 11.2 Å². The zero-order valence-electron chi connectivity index (χ0n) is 20.0. The lowest BCUT2D eigenvalue weighted by molar-refractivity contribution is 0.670. The molecule has 1 heteroatoms. The summed E-state index contributed by atoms with van der Waals surface area (Å²) in [5, 5.41) is 17.6. The van der Waals surface area contributed by atoms with Crippen molar-refractivity contribution >= 4 is 86.6 Å². The first-order valence-electron chi connectivity index (χ1n) is 12.8. The number of fused-ring (bicyclic) bond motifs is 15. The molecule has 0 bridgehead atoms. The topological polar surface area (TPSA) is 13.1 Å². The van der Waals surface area contributed by atoms with E-state index in [1.54, 1.807) is 0 Å². The Morgan fingerprint density at radius 3 is 0.784 bits per heavy atom. The minimum absolute atomic E-state index is 0.937. The van der Waals surface area contributed by atoms with E-state index in [-0.39, 0.29) is 0 Å². The highest BCUT2D eigenvalue weighted by molar-refractivity contribution is 6.31. The Balaban J connectivity index is 1.51. The molecule has 0 aliphatic heterocycles. The van der Waals surface area contributed by atoms with Crippen LogP contribution in [-0.4, -0.2) is 0 Å². The van der Waals surface area contributed by atoms with Crippen molar-refractivity contribution in [2.24, 2.45) is 0 Å². The molecule has 0 unspecified atom stereocenters. The molecule has 0 aliphatic carbocycles. The van der Waals surface area contributed by atoms with Gasteiger partial charge in [0.15, 0.2) is 0 Å². The molecule has 0 fully saturated rings. The van der Waals surface area contributed by atoms with E-state index in [9.17, 15) is 0 Å². The molecule has 9 rings (SSSR count). The first-order valence-corrected chi connectivity index (χ1v) is 12.8. The SMILES string of the molecule is c1ccc2c(c1)c1ccccc1c1cc3c(cc21)oc1cc2c4ccccc4c4ccccc4c2cc13. The smallest absolute Gasteiger partial charge is 0.136 e. The van der Waals surface area contributed by atoms with E-state index in [2.05, 4.69) is 121 Å². The Bertz CT molecular complexity index is 2240. The fraction of sp³-hybridized carbons (Fsp3) is 0. The van der Waals surface area contributed by atoms with Crippen LogP contribution in [-0.2, 0) is 0 Å². The van der Waals surface area contributed by atoms with Crippen molar-refractivity contribution in [3.8, 4) is 0 Å². The molecule has 9 aromatic rings. The molecular formula is C36H20O. The summed E-state index contributed by atoms with van der Waals surface area (Å²) in [4.78, 5) is 0. The molecule has 0 atom stereocenters. The molecule has 0 saturated carbocycles. The molecule has 0 radical (unpaired) electrons. The number of hydrogen-bond donors (Lipinski definition) is 0. The second kappa shape index (κ2) is 6.87. The highest BCUT2D eigenvalue weighted by atomic mass is 16.3. The average Bonchev–Trinajstić information content (AvgIpc) is 3.32. The number of hydrogen-bond acceptors (Lipinski definition) is 1. The molecule has 1 heterocycles. The standard InChI is InChI=1S/C36H20O/c1-5-13-25-21(9-1)23-11-3-7-15-27(23)31-19-35-33(17-29(25)31)34-18-30-26-14-6-2-10-22(26)24-12-4-8-16-28(24)32(30)20-36(34)37-35/h1-20H. The average molecular weight is 469 g/mol. The third-order valence-corrected chi connectivity index (χ3v) is 8.20. The van der Waals surface area contributed by atoms with Gasteiger partial charge in [-0.2, -0.15) is 0 Å². The zero-order valence-corrected chi connectivity index (χ0v) is 20.0. The van der Waals surface area contributed by atoms with Crippen LogP contribution in [0.15, 0.2) is 126 Å². The maximum Gasteiger partial charge on any atom is 0.136 e. The molecule has 1 nitrogen and oxygen atoms in total. The van der Waals surface area contributed by atoms with Crippen molar-refractivity contribution in [3.05, 3.63) is 121 Å². The van der Waals surface area contributed by atoms with Gasteiger partial charge in [0.1, 0.15) is 11.2 Å². The van der Waals surface area contributed by atoms with Crippen LogP contribution in [0, 0.1) is 0 Å². The van der Waals surface area contributed by atoms with Gasteiger partial charge in [0.25, 0.3) is 0 Å². The van der Waals surface area contributed by atoms with Gasteiger partial charge in [0, 0.05) is 10.8 Å². The minimum Gasteiger partial charge on any atom is -0.456 e. The van der Waals surface area contributed by atoms with Gasteiger partial charge in [0.05, 0.1) is 0 Å². The second-order valence-electron chi connectivity index (χ2n) is 10.1. The highest BCUT2D eigenvalue weighted by Crippen LogP contribution is 2.42. The summed E-state index contributed by atoms with van der Waals surface area (Å²) in [6.45, 7) is 0. The van der Waals surface area contributed by atoms with E-state index in [0.29, 0.717) is 0 Å². The predicted molar refractivity (Wildman–Crippen MR) is 159 cm³/mol. The molecule has 0 saturated heterocycles. The third-order valence-electron chi connectivity index (χ3n) is 8.20. The summed E-state index contributed by atoms with van der Waals surface area (Å²) < 4.78 is 6.59. The summed E-state index contributed by atoms with van der Waals surface area (Å²) in [6.07, 6.45) is 0. The molecule has 170 valence electrons. The maximum atomic E-state index is 6.59. The molecule has 0 N–H and O–H groups in total. The summed E-state index contributed by atoms with van der Waals surface area (Å²) in [5.74, 6) is 0. The van der Waals surface area contributed by atoms with Gasteiger partial charge in [-0.1, -0.05) is 97.1 Å². The molecular weight excluding hydrogens is 448 g/mol. The van der Waals surface area contributed by atoms with Crippen molar-refractivity contribution in [3.63, 3.8) is 0 Å². The van der Waals surface area contributed by atoms with Gasteiger partial charge < -0.3 is 4.42 Å². The van der Waals surface area contributed by atoms with Crippen LogP contribution < -0.4 is 0 Å². The predicted octanol–water partition coefficient (Wildman–Crippen LogP) is 10.5. The largest absolute Gasteiger partial charge is 0.456 e. The number of rotatable bonds is 0. The Morgan fingerprint density at radius 2 is 0.486 bits per heavy atom. The lowest BCUT2D eigenvalue weighted by atomic mass is 9.92. The van der Waals surface area contributed by atoms with Gasteiger partial charge in [-0.3, -0.25) is 0 Å². The van der Waals surface area contributed by atoms with E-state index in [1.807, 2.05) is 0 Å². The first kappa shape index (κ1) is 19.3. The van der Waals surface area contributed by atoms with Gasteiger partial charge in [-0.25, -0.2) is 0 Å². The van der Waals surface area contributed by atoms with Crippen molar-refractivity contribution in [2.45, 2.75) is 0 Å². The fourth-order valence-electron chi connectivity index (χ4n) is 6.57. The Hall–Kier alpha value is -4.88.